The number of nitrogens with zero attached hydrogens (tertiary/aromatic N) is 1. The molecule has 0 aliphatic rings. The molecule has 0 atom stereocenters. The van der Waals surface area contributed by atoms with Gasteiger partial charge >= 0.3 is 0 Å². The second-order valence-corrected chi connectivity index (χ2v) is 14.1. The summed E-state index contributed by atoms with van der Waals surface area (Å²) in [7, 11) is -1.85. The van der Waals surface area contributed by atoms with E-state index in [2.05, 4.69) is 193 Å². The van der Waals surface area contributed by atoms with Crippen molar-refractivity contribution in [3.05, 3.63) is 188 Å². The van der Waals surface area contributed by atoms with Crippen LogP contribution in [0.15, 0.2) is 208 Å². The summed E-state index contributed by atoms with van der Waals surface area (Å²) >= 11 is 0. The zero-order valence-corrected chi connectivity index (χ0v) is 25.1. The van der Waals surface area contributed by atoms with Gasteiger partial charge in [-0.25, -0.2) is 0 Å². The first kappa shape index (κ1) is 26.3. The maximum atomic E-state index is 2.46. The zero-order chi connectivity index (χ0) is 29.3. The summed E-state index contributed by atoms with van der Waals surface area (Å²) < 4.78 is 2.42. The topological polar surface area (TPSA) is 4.93 Å². The summed E-state index contributed by atoms with van der Waals surface area (Å²) in [6, 6.07) is 68.8. The molecule has 0 unspecified atom stereocenters. The first-order valence-corrected chi connectivity index (χ1v) is 16.6. The lowest BCUT2D eigenvalue weighted by Gasteiger charge is -2.42. The molecule has 0 aliphatic carbocycles. The molecule has 0 saturated carbocycles. The van der Waals surface area contributed by atoms with Crippen LogP contribution in [-0.2, 0) is 0 Å². The molecule has 8 rings (SSSR count). The van der Waals surface area contributed by atoms with Crippen LogP contribution in [0.2, 0.25) is 0 Å². The fraction of sp³-hybridized carbons (Fsp3) is 0. The lowest BCUT2D eigenvalue weighted by molar-refractivity contribution is 1.17. The average molecular weight is 582 g/mol. The Hall–Kier alpha value is -5.31. The van der Waals surface area contributed by atoms with Gasteiger partial charge in [0.05, 0.1) is 11.0 Å². The first-order valence-electron chi connectivity index (χ1n) is 15.0. The third kappa shape index (κ3) is 4.26. The number of hydrogen-bond donors (Lipinski definition) is 0. The number of hydrogen-bond acceptors (Lipinski definition) is 0. The van der Waals surface area contributed by atoms with Crippen LogP contribution < -0.4 is 0 Å². The molecule has 0 saturated heterocycles. The molecular formula is C42H31NS. The highest BCUT2D eigenvalue weighted by molar-refractivity contribution is 8.34. The number of rotatable bonds is 6. The van der Waals surface area contributed by atoms with Gasteiger partial charge in [0, 0.05) is 36.0 Å². The summed E-state index contributed by atoms with van der Waals surface area (Å²) in [4.78, 5) is 5.27. The van der Waals surface area contributed by atoms with Crippen LogP contribution in [0.1, 0.15) is 0 Å². The predicted molar refractivity (Wildman–Crippen MR) is 186 cm³/mol. The molecule has 1 nitrogen and oxygen atoms in total. The molecule has 7 aromatic carbocycles. The Bertz CT molecular complexity index is 2150. The molecule has 1 aromatic heterocycles. The maximum Gasteiger partial charge on any atom is 0.0552 e. The van der Waals surface area contributed by atoms with Crippen LogP contribution in [-0.4, -0.2) is 4.57 Å². The van der Waals surface area contributed by atoms with Gasteiger partial charge in [0.2, 0.25) is 0 Å². The van der Waals surface area contributed by atoms with Gasteiger partial charge in [-0.05, 0) is 77.9 Å². The molecule has 8 aromatic rings. The highest BCUT2D eigenvalue weighted by Gasteiger charge is 2.34. The number of benzene rings is 7. The van der Waals surface area contributed by atoms with Gasteiger partial charge in [-0.2, -0.15) is 0 Å². The van der Waals surface area contributed by atoms with Crippen molar-refractivity contribution in [3.63, 3.8) is 0 Å². The Morgan fingerprint density at radius 3 is 1.41 bits per heavy atom. The molecule has 0 amide bonds. The first-order chi connectivity index (χ1) is 21.8. The summed E-state index contributed by atoms with van der Waals surface area (Å²) in [5.74, 6) is 0. The van der Waals surface area contributed by atoms with Crippen molar-refractivity contribution < 1.29 is 0 Å². The van der Waals surface area contributed by atoms with Crippen molar-refractivity contribution >= 4 is 31.8 Å². The highest BCUT2D eigenvalue weighted by Crippen LogP contribution is 2.73. The van der Waals surface area contributed by atoms with Crippen LogP contribution in [0.25, 0.3) is 38.6 Å². The molecule has 210 valence electrons. The Morgan fingerprint density at radius 1 is 0.318 bits per heavy atom. The summed E-state index contributed by atoms with van der Waals surface area (Å²) in [5, 5.41) is 2.53. The standard InChI is InChI=1S/C42H31NS/c1-5-15-32(16-6-1)33-25-27-37(28-26-33)44(35-19-9-3-10-20-35,36-21-11-4-12-22-36)38-29-30-40-39-23-13-14-24-41(39)43(42(40)31-38)34-17-7-2-8-18-34/h1-31H. The van der Waals surface area contributed by atoms with E-state index in [1.54, 1.807) is 0 Å². The van der Waals surface area contributed by atoms with Crippen LogP contribution >= 0.6 is 10.0 Å². The van der Waals surface area contributed by atoms with Crippen molar-refractivity contribution in [3.8, 4) is 16.8 Å². The van der Waals surface area contributed by atoms with Gasteiger partial charge in [0.25, 0.3) is 0 Å². The van der Waals surface area contributed by atoms with Crippen molar-refractivity contribution in [2.24, 2.45) is 0 Å². The third-order valence-corrected chi connectivity index (χ3v) is 12.4. The van der Waals surface area contributed by atoms with Crippen LogP contribution in [0.3, 0.4) is 0 Å². The van der Waals surface area contributed by atoms with Gasteiger partial charge in [0.15, 0.2) is 0 Å². The molecule has 0 radical (unpaired) electrons. The smallest absolute Gasteiger partial charge is 0.0552 e. The average Bonchev–Trinajstić information content (AvgIpc) is 3.44. The van der Waals surface area contributed by atoms with E-state index in [0.29, 0.717) is 0 Å². The normalized spacial score (nSPS) is 12.0. The molecule has 0 bridgehead atoms. The van der Waals surface area contributed by atoms with Crippen molar-refractivity contribution in [1.82, 2.24) is 4.57 Å². The quantitative estimate of drug-likeness (QED) is 0.184. The Morgan fingerprint density at radius 2 is 0.773 bits per heavy atom. The van der Waals surface area contributed by atoms with Crippen LogP contribution in [0.5, 0.6) is 0 Å². The molecule has 0 fully saturated rings. The minimum absolute atomic E-state index is 1.17. The van der Waals surface area contributed by atoms with Crippen LogP contribution in [0, 0.1) is 0 Å². The minimum Gasteiger partial charge on any atom is -0.309 e. The molecule has 0 N–H and O–H groups in total. The van der Waals surface area contributed by atoms with E-state index in [1.807, 2.05) is 0 Å². The molecule has 1 heterocycles. The summed E-state index contributed by atoms with van der Waals surface area (Å²) in [5.41, 5.74) is 6.07. The summed E-state index contributed by atoms with van der Waals surface area (Å²) in [6.45, 7) is 0. The fourth-order valence-electron chi connectivity index (χ4n) is 6.54. The zero-order valence-electron chi connectivity index (χ0n) is 24.3. The Balaban J connectivity index is 1.46. The van der Waals surface area contributed by atoms with E-state index in [4.69, 9.17) is 0 Å². The fourth-order valence-corrected chi connectivity index (χ4v) is 10.4. The lowest BCUT2D eigenvalue weighted by atomic mass is 10.1. The molecule has 44 heavy (non-hydrogen) atoms. The van der Waals surface area contributed by atoms with E-state index < -0.39 is 10.0 Å². The van der Waals surface area contributed by atoms with Gasteiger partial charge in [0.1, 0.15) is 0 Å². The number of para-hydroxylation sites is 2. The second kappa shape index (κ2) is 11.1. The summed E-state index contributed by atoms with van der Waals surface area (Å²) in [6.07, 6.45) is 0. The Labute approximate surface area is 260 Å². The van der Waals surface area contributed by atoms with Crippen molar-refractivity contribution in [1.29, 1.82) is 0 Å². The monoisotopic (exact) mass is 581 g/mol. The van der Waals surface area contributed by atoms with Crippen LogP contribution in [0.4, 0.5) is 0 Å². The van der Waals surface area contributed by atoms with E-state index in [9.17, 15) is 0 Å². The largest absolute Gasteiger partial charge is 0.309 e. The van der Waals surface area contributed by atoms with Crippen molar-refractivity contribution in [2.75, 3.05) is 0 Å². The van der Waals surface area contributed by atoms with E-state index >= 15 is 0 Å². The minimum atomic E-state index is -1.85. The van der Waals surface area contributed by atoms with E-state index in [1.165, 1.54) is 58.2 Å². The molecule has 0 spiro atoms. The number of aromatic nitrogens is 1. The SMILES string of the molecule is c1ccc(-c2ccc(S(c3ccccc3)(c3ccccc3)c3ccc4c5ccccc5n(-c5ccccc5)c4c3)cc2)cc1. The molecule has 2 heteroatoms. The molecular weight excluding hydrogens is 551 g/mol. The van der Waals surface area contributed by atoms with Gasteiger partial charge < -0.3 is 4.57 Å². The van der Waals surface area contributed by atoms with Gasteiger partial charge in [-0.3, -0.25) is 0 Å². The maximum absolute atomic E-state index is 2.46. The second-order valence-electron chi connectivity index (χ2n) is 11.0. The van der Waals surface area contributed by atoms with E-state index in [0.717, 1.165) is 0 Å². The van der Waals surface area contributed by atoms with Gasteiger partial charge in [-0.1, -0.05) is 121 Å². The Kier molecular flexibility index (Phi) is 6.63. The number of fused-ring (bicyclic) bond motifs is 3. The van der Waals surface area contributed by atoms with E-state index in [-0.39, 0.29) is 0 Å². The van der Waals surface area contributed by atoms with Crippen molar-refractivity contribution in [2.45, 2.75) is 19.6 Å². The third-order valence-electron chi connectivity index (χ3n) is 8.52. The van der Waals surface area contributed by atoms with Gasteiger partial charge in [-0.15, -0.1) is 10.0 Å². The predicted octanol–water partition coefficient (Wildman–Crippen LogP) is 11.8. The molecule has 0 aliphatic heterocycles. The lowest BCUT2D eigenvalue weighted by Crippen LogP contribution is -2.05. The highest BCUT2D eigenvalue weighted by atomic mass is 32.3.